The normalized spacial score (nSPS) is 16.9. The van der Waals surface area contributed by atoms with Gasteiger partial charge in [0, 0.05) is 30.6 Å². The number of ether oxygens (including phenoxy) is 1. The Morgan fingerprint density at radius 2 is 1.94 bits per heavy atom. The molecule has 1 aromatic carbocycles. The van der Waals surface area contributed by atoms with Gasteiger partial charge in [-0.25, -0.2) is 0 Å². The van der Waals surface area contributed by atoms with E-state index in [9.17, 15) is 4.79 Å². The molecule has 0 unspecified atom stereocenters. The average molecular weight is 249 g/mol. The van der Waals surface area contributed by atoms with E-state index in [-0.39, 0.29) is 11.5 Å². The average Bonchev–Trinajstić information content (AvgIpc) is 2.26. The van der Waals surface area contributed by atoms with Crippen LogP contribution in [0.4, 0.5) is 11.4 Å². The Kier molecular flexibility index (Phi) is 3.43. The molecule has 18 heavy (non-hydrogen) atoms. The van der Waals surface area contributed by atoms with Gasteiger partial charge in [0.25, 0.3) is 5.91 Å². The van der Waals surface area contributed by atoms with E-state index in [0.717, 1.165) is 19.3 Å². The summed E-state index contributed by atoms with van der Waals surface area (Å²) in [5, 5.41) is 2.87. The number of nitrogen functional groups attached to an aromatic ring is 2. The maximum absolute atomic E-state index is 12.0. The molecule has 1 aromatic rings. The lowest BCUT2D eigenvalue weighted by Gasteiger charge is -2.40. The molecular weight excluding hydrogens is 230 g/mol. The van der Waals surface area contributed by atoms with Gasteiger partial charge in [-0.05, 0) is 37.5 Å². The molecule has 0 atom stereocenters. The summed E-state index contributed by atoms with van der Waals surface area (Å²) in [6.07, 6.45) is 3.13. The number of carbonyl (C=O) groups excluding carboxylic acids is 1. The number of hydrogen-bond acceptors (Lipinski definition) is 4. The Morgan fingerprint density at radius 1 is 1.33 bits per heavy atom. The zero-order valence-electron chi connectivity index (χ0n) is 10.5. The van der Waals surface area contributed by atoms with E-state index >= 15 is 0 Å². The van der Waals surface area contributed by atoms with E-state index in [4.69, 9.17) is 16.2 Å². The molecule has 1 fully saturated rings. The number of nitrogens with one attached hydrogen (secondary N) is 1. The lowest BCUT2D eigenvalue weighted by Crippen LogP contribution is -2.49. The molecule has 5 heteroatoms. The first-order valence-electron chi connectivity index (χ1n) is 6.04. The second-order valence-corrected chi connectivity index (χ2v) is 4.81. The molecule has 1 aliphatic rings. The van der Waals surface area contributed by atoms with Gasteiger partial charge in [-0.2, -0.15) is 0 Å². The van der Waals surface area contributed by atoms with Gasteiger partial charge in [0.2, 0.25) is 0 Å². The minimum Gasteiger partial charge on any atom is -0.399 e. The zero-order valence-corrected chi connectivity index (χ0v) is 10.5. The highest BCUT2D eigenvalue weighted by Crippen LogP contribution is 2.34. The predicted octanol–water partition coefficient (Wildman–Crippen LogP) is 1.15. The second-order valence-electron chi connectivity index (χ2n) is 4.81. The van der Waals surface area contributed by atoms with Crippen LogP contribution in [0.2, 0.25) is 0 Å². The number of rotatable bonds is 4. The van der Waals surface area contributed by atoms with E-state index in [2.05, 4.69) is 5.32 Å². The van der Waals surface area contributed by atoms with Crippen molar-refractivity contribution >= 4 is 17.3 Å². The van der Waals surface area contributed by atoms with Gasteiger partial charge in [0.05, 0.1) is 5.60 Å². The van der Waals surface area contributed by atoms with Crippen LogP contribution in [0.1, 0.15) is 29.6 Å². The molecule has 0 radical (unpaired) electrons. The van der Waals surface area contributed by atoms with Crippen molar-refractivity contribution < 1.29 is 9.53 Å². The zero-order chi connectivity index (χ0) is 13.2. The fourth-order valence-corrected chi connectivity index (χ4v) is 2.18. The van der Waals surface area contributed by atoms with Crippen LogP contribution >= 0.6 is 0 Å². The van der Waals surface area contributed by atoms with Crippen molar-refractivity contribution in [2.75, 3.05) is 25.1 Å². The molecule has 0 heterocycles. The van der Waals surface area contributed by atoms with Crippen LogP contribution in [0.5, 0.6) is 0 Å². The van der Waals surface area contributed by atoms with Gasteiger partial charge in [-0.3, -0.25) is 4.79 Å². The fourth-order valence-electron chi connectivity index (χ4n) is 2.18. The maximum Gasteiger partial charge on any atom is 0.251 e. The summed E-state index contributed by atoms with van der Waals surface area (Å²) in [6, 6.07) is 4.86. The standard InChI is InChI=1S/C13H19N3O2/c1-18-13(3-2-4-13)8-16-12(17)9-5-10(14)7-11(15)6-9/h5-7H,2-4,8,14-15H2,1H3,(H,16,17). The summed E-state index contributed by atoms with van der Waals surface area (Å²) in [4.78, 5) is 12.0. The van der Waals surface area contributed by atoms with Crippen molar-refractivity contribution in [3.05, 3.63) is 23.8 Å². The highest BCUT2D eigenvalue weighted by molar-refractivity contribution is 5.96. The number of benzene rings is 1. The Hall–Kier alpha value is -1.75. The molecule has 5 nitrogen and oxygen atoms in total. The molecule has 98 valence electrons. The van der Waals surface area contributed by atoms with Crippen molar-refractivity contribution in [2.45, 2.75) is 24.9 Å². The summed E-state index contributed by atoms with van der Waals surface area (Å²) < 4.78 is 5.44. The topological polar surface area (TPSA) is 90.4 Å². The largest absolute Gasteiger partial charge is 0.399 e. The molecule has 0 spiro atoms. The van der Waals surface area contributed by atoms with Crippen LogP contribution in [-0.4, -0.2) is 25.2 Å². The Bertz CT molecular complexity index is 430. The molecular formula is C13H19N3O2. The monoisotopic (exact) mass is 249 g/mol. The van der Waals surface area contributed by atoms with Gasteiger partial charge in [-0.1, -0.05) is 0 Å². The first kappa shape index (κ1) is 12.7. The van der Waals surface area contributed by atoms with Crippen LogP contribution in [0, 0.1) is 0 Å². The SMILES string of the molecule is COC1(CNC(=O)c2cc(N)cc(N)c2)CCC1. The summed E-state index contributed by atoms with van der Waals surface area (Å²) in [5.74, 6) is -0.169. The minimum atomic E-state index is -0.179. The third kappa shape index (κ3) is 2.56. The third-order valence-corrected chi connectivity index (χ3v) is 3.51. The van der Waals surface area contributed by atoms with Crippen molar-refractivity contribution in [1.29, 1.82) is 0 Å². The van der Waals surface area contributed by atoms with Crippen molar-refractivity contribution in [2.24, 2.45) is 0 Å². The van der Waals surface area contributed by atoms with Crippen molar-refractivity contribution in [3.8, 4) is 0 Å². The predicted molar refractivity (Wildman–Crippen MR) is 71.2 cm³/mol. The molecule has 1 amide bonds. The van der Waals surface area contributed by atoms with Crippen molar-refractivity contribution in [1.82, 2.24) is 5.32 Å². The van der Waals surface area contributed by atoms with Gasteiger partial charge in [0.15, 0.2) is 0 Å². The van der Waals surface area contributed by atoms with E-state index in [1.807, 2.05) is 0 Å². The lowest BCUT2D eigenvalue weighted by atomic mass is 9.80. The van der Waals surface area contributed by atoms with Crippen LogP contribution in [0.3, 0.4) is 0 Å². The number of amides is 1. The van der Waals surface area contributed by atoms with E-state index in [1.165, 1.54) is 0 Å². The first-order chi connectivity index (χ1) is 8.54. The Balaban J connectivity index is 1.99. The molecule has 5 N–H and O–H groups in total. The summed E-state index contributed by atoms with van der Waals surface area (Å²) >= 11 is 0. The first-order valence-corrected chi connectivity index (χ1v) is 6.04. The van der Waals surface area contributed by atoms with E-state index in [1.54, 1.807) is 25.3 Å². The van der Waals surface area contributed by atoms with Crippen LogP contribution < -0.4 is 16.8 Å². The number of anilines is 2. The number of hydrogen-bond donors (Lipinski definition) is 3. The second kappa shape index (κ2) is 4.86. The third-order valence-electron chi connectivity index (χ3n) is 3.51. The number of carbonyl (C=O) groups is 1. The summed E-state index contributed by atoms with van der Waals surface area (Å²) in [7, 11) is 1.68. The Morgan fingerprint density at radius 3 is 2.39 bits per heavy atom. The molecule has 0 aromatic heterocycles. The van der Waals surface area contributed by atoms with Gasteiger partial charge >= 0.3 is 0 Å². The van der Waals surface area contributed by atoms with Gasteiger partial charge in [-0.15, -0.1) is 0 Å². The summed E-state index contributed by atoms with van der Waals surface area (Å²) in [6.45, 7) is 0.525. The van der Waals surface area contributed by atoms with Crippen LogP contribution in [-0.2, 0) is 4.74 Å². The van der Waals surface area contributed by atoms with Gasteiger partial charge in [0.1, 0.15) is 0 Å². The quantitative estimate of drug-likeness (QED) is 0.698. The molecule has 1 aliphatic carbocycles. The summed E-state index contributed by atoms with van der Waals surface area (Å²) in [5.41, 5.74) is 12.6. The lowest BCUT2D eigenvalue weighted by molar-refractivity contribution is -0.0679. The van der Waals surface area contributed by atoms with Crippen LogP contribution in [0.15, 0.2) is 18.2 Å². The fraction of sp³-hybridized carbons (Fsp3) is 0.462. The molecule has 1 saturated carbocycles. The van der Waals surface area contributed by atoms with Crippen LogP contribution in [0.25, 0.3) is 0 Å². The molecule has 2 rings (SSSR count). The molecule has 0 saturated heterocycles. The van der Waals surface area contributed by atoms with Crippen molar-refractivity contribution in [3.63, 3.8) is 0 Å². The maximum atomic E-state index is 12.0. The Labute approximate surface area is 106 Å². The molecule has 0 bridgehead atoms. The van der Waals surface area contributed by atoms with Gasteiger partial charge < -0.3 is 21.5 Å². The number of methoxy groups -OCH3 is 1. The highest BCUT2D eigenvalue weighted by Gasteiger charge is 2.37. The number of nitrogens with two attached hydrogens (primary N) is 2. The van der Waals surface area contributed by atoms with E-state index < -0.39 is 0 Å². The highest BCUT2D eigenvalue weighted by atomic mass is 16.5. The van der Waals surface area contributed by atoms with E-state index in [0.29, 0.717) is 23.5 Å². The smallest absolute Gasteiger partial charge is 0.251 e. The minimum absolute atomic E-state index is 0.169. The molecule has 0 aliphatic heterocycles.